The van der Waals surface area contributed by atoms with Crippen molar-refractivity contribution >= 4 is 7.71 Å². The smallest absolute Gasteiger partial charge is 0.318 e. The fraction of sp³-hybridized carbons (Fsp3) is 0.800. The van der Waals surface area contributed by atoms with Crippen LogP contribution in [0.3, 0.4) is 0 Å². The van der Waals surface area contributed by atoms with E-state index in [-0.39, 0.29) is 5.95 Å². The van der Waals surface area contributed by atoms with Gasteiger partial charge in [0.1, 0.15) is 0 Å². The van der Waals surface area contributed by atoms with E-state index in [0.29, 0.717) is 6.61 Å². The Morgan fingerprint density at radius 1 is 1.06 bits per heavy atom. The molecule has 0 aliphatic heterocycles. The number of aliphatic hydroxyl groups is 1. The van der Waals surface area contributed by atoms with Crippen molar-refractivity contribution in [2.75, 3.05) is 48.9 Å². The minimum atomic E-state index is -1.83. The van der Waals surface area contributed by atoms with Crippen LogP contribution in [0.1, 0.15) is 6.92 Å². The van der Waals surface area contributed by atoms with Crippen LogP contribution in [-0.2, 0) is 4.74 Å². The third-order valence-electron chi connectivity index (χ3n) is 2.34. The molecule has 0 aliphatic carbocycles. The molecule has 96 valence electrons. The quantitative estimate of drug-likeness (QED) is 0.575. The van der Waals surface area contributed by atoms with Gasteiger partial charge in [0.2, 0.25) is 0 Å². The molecule has 0 bridgehead atoms. The van der Waals surface area contributed by atoms with E-state index in [2.05, 4.69) is 14.0 Å². The average molecular weight is 250 g/mol. The summed E-state index contributed by atoms with van der Waals surface area (Å²) in [5, 5.41) is 9.72. The first-order valence-electron chi connectivity index (χ1n) is 5.25. The van der Waals surface area contributed by atoms with Gasteiger partial charge in [0.05, 0.1) is 6.61 Å². The molecule has 0 saturated carbocycles. The molecular formula is C10H25N3O2P+. The Bertz CT molecular complexity index is 220. The highest BCUT2D eigenvalue weighted by atomic mass is 31.2. The number of nitrogens with zero attached hydrogens (tertiary/aromatic N) is 3. The number of rotatable bonds is 6. The van der Waals surface area contributed by atoms with Gasteiger partial charge in [0.25, 0.3) is 7.71 Å². The van der Waals surface area contributed by atoms with Crippen LogP contribution in [-0.4, -0.2) is 68.0 Å². The summed E-state index contributed by atoms with van der Waals surface area (Å²) in [5.74, 6) is 1.79. The van der Waals surface area contributed by atoms with Crippen LogP contribution >= 0.6 is 7.71 Å². The standard InChI is InChI=1S/C10H24N3O2P/c1-8-15-10(14)9-16(11(2)3,12(4)5)13(6)7/h9H,8H2,1-7H3/p+1/b10-9-. The zero-order valence-electron chi connectivity index (χ0n) is 11.4. The highest BCUT2D eigenvalue weighted by Gasteiger charge is 2.47. The lowest BCUT2D eigenvalue weighted by Gasteiger charge is -2.36. The second-order valence-corrected chi connectivity index (χ2v) is 7.94. The third kappa shape index (κ3) is 3.32. The topological polar surface area (TPSA) is 39.2 Å². The fourth-order valence-corrected chi connectivity index (χ4v) is 4.96. The van der Waals surface area contributed by atoms with Gasteiger partial charge in [-0.05, 0) is 6.92 Å². The Morgan fingerprint density at radius 2 is 1.44 bits per heavy atom. The number of hydrogen-bond donors (Lipinski definition) is 1. The molecule has 0 spiro atoms. The first kappa shape index (κ1) is 15.7. The van der Waals surface area contributed by atoms with Crippen LogP contribution < -0.4 is 0 Å². The molecule has 16 heavy (non-hydrogen) atoms. The monoisotopic (exact) mass is 250 g/mol. The van der Waals surface area contributed by atoms with Crippen LogP contribution in [0.25, 0.3) is 0 Å². The van der Waals surface area contributed by atoms with E-state index in [1.807, 2.05) is 49.2 Å². The molecule has 1 N–H and O–H groups in total. The molecule has 0 radical (unpaired) electrons. The summed E-state index contributed by atoms with van der Waals surface area (Å²) in [6.07, 6.45) is 0. The molecule has 0 amide bonds. The van der Waals surface area contributed by atoms with Crippen molar-refractivity contribution in [1.82, 2.24) is 14.0 Å². The lowest BCUT2D eigenvalue weighted by atomic mass is 10.8. The molecule has 0 saturated heterocycles. The van der Waals surface area contributed by atoms with E-state index in [9.17, 15) is 5.11 Å². The van der Waals surface area contributed by atoms with Gasteiger partial charge in [0, 0.05) is 42.3 Å². The zero-order valence-corrected chi connectivity index (χ0v) is 12.3. The van der Waals surface area contributed by atoms with Crippen LogP contribution in [0, 0.1) is 0 Å². The molecule has 0 rings (SSSR count). The molecule has 0 aliphatic rings. The highest BCUT2D eigenvalue weighted by molar-refractivity contribution is 7.72. The molecule has 0 aromatic carbocycles. The minimum Gasteiger partial charge on any atom is -0.478 e. The fourth-order valence-electron chi connectivity index (χ4n) is 1.75. The van der Waals surface area contributed by atoms with E-state index in [1.54, 1.807) is 5.82 Å². The SMILES string of the molecule is CCO/C(O)=C\[P+](N(C)C)(N(C)C)N(C)C. The average Bonchev–Trinajstić information content (AvgIpc) is 2.12. The van der Waals surface area contributed by atoms with Crippen LogP contribution in [0.2, 0.25) is 0 Å². The first-order chi connectivity index (χ1) is 7.28. The van der Waals surface area contributed by atoms with Gasteiger partial charge in [-0.15, -0.1) is 0 Å². The molecule has 0 atom stereocenters. The van der Waals surface area contributed by atoms with Crippen molar-refractivity contribution in [3.05, 3.63) is 11.8 Å². The summed E-state index contributed by atoms with van der Waals surface area (Å²) in [7, 11) is 10.2. The molecule has 0 heterocycles. The molecular weight excluding hydrogens is 225 g/mol. The molecule has 6 heteroatoms. The van der Waals surface area contributed by atoms with E-state index in [0.717, 1.165) is 0 Å². The maximum absolute atomic E-state index is 9.72. The summed E-state index contributed by atoms with van der Waals surface area (Å²) in [6.45, 7) is 2.32. The maximum atomic E-state index is 9.72. The van der Waals surface area contributed by atoms with Gasteiger partial charge in [-0.3, -0.25) is 0 Å². The number of ether oxygens (including phenoxy) is 1. The Labute approximate surface area is 99.8 Å². The van der Waals surface area contributed by atoms with Crippen molar-refractivity contribution in [2.45, 2.75) is 6.92 Å². The Morgan fingerprint density at radius 3 is 1.69 bits per heavy atom. The van der Waals surface area contributed by atoms with Crippen molar-refractivity contribution in [3.8, 4) is 0 Å². The second-order valence-electron chi connectivity index (χ2n) is 4.06. The lowest BCUT2D eigenvalue weighted by molar-refractivity contribution is 0.103. The molecule has 5 nitrogen and oxygen atoms in total. The van der Waals surface area contributed by atoms with E-state index in [4.69, 9.17) is 4.74 Å². The summed E-state index contributed by atoms with van der Waals surface area (Å²) in [6, 6.07) is 0. The normalized spacial score (nSPS) is 14.0. The summed E-state index contributed by atoms with van der Waals surface area (Å²) in [4.78, 5) is 0. The largest absolute Gasteiger partial charge is 0.478 e. The summed E-state index contributed by atoms with van der Waals surface area (Å²) < 4.78 is 11.5. The Balaban J connectivity index is 5.28. The molecule has 0 fully saturated rings. The predicted molar refractivity (Wildman–Crippen MR) is 70.3 cm³/mol. The predicted octanol–water partition coefficient (Wildman–Crippen LogP) is 1.83. The second kappa shape index (κ2) is 6.40. The Kier molecular flexibility index (Phi) is 6.26. The van der Waals surface area contributed by atoms with Crippen LogP contribution in [0.4, 0.5) is 0 Å². The first-order valence-corrected chi connectivity index (χ1v) is 6.97. The summed E-state index contributed by atoms with van der Waals surface area (Å²) in [5.41, 5.74) is 0. The number of aliphatic hydroxyl groups excluding tert-OH is 1. The van der Waals surface area contributed by atoms with E-state index >= 15 is 0 Å². The lowest BCUT2D eigenvalue weighted by Crippen LogP contribution is -2.34. The Hall–Kier alpha value is -0.350. The van der Waals surface area contributed by atoms with Crippen molar-refractivity contribution in [3.63, 3.8) is 0 Å². The summed E-state index contributed by atoms with van der Waals surface area (Å²) >= 11 is 0. The van der Waals surface area contributed by atoms with Crippen LogP contribution in [0.5, 0.6) is 0 Å². The van der Waals surface area contributed by atoms with Gasteiger partial charge >= 0.3 is 5.95 Å². The van der Waals surface area contributed by atoms with Gasteiger partial charge < -0.3 is 9.84 Å². The third-order valence-corrected chi connectivity index (χ3v) is 6.44. The van der Waals surface area contributed by atoms with Gasteiger partial charge in [0.15, 0.2) is 5.82 Å². The van der Waals surface area contributed by atoms with Crippen molar-refractivity contribution in [1.29, 1.82) is 0 Å². The molecule has 0 aromatic heterocycles. The van der Waals surface area contributed by atoms with E-state index in [1.165, 1.54) is 0 Å². The van der Waals surface area contributed by atoms with Gasteiger partial charge in [-0.25, -0.2) is 0 Å². The molecule has 0 aromatic rings. The minimum absolute atomic E-state index is 0.00747. The highest BCUT2D eigenvalue weighted by Crippen LogP contribution is 2.65. The molecule has 0 unspecified atom stereocenters. The maximum Gasteiger partial charge on any atom is 0.318 e. The van der Waals surface area contributed by atoms with Crippen LogP contribution in [0.15, 0.2) is 11.8 Å². The van der Waals surface area contributed by atoms with Gasteiger partial charge in [-0.1, -0.05) is 0 Å². The number of hydrogen-bond acceptors (Lipinski definition) is 5. The van der Waals surface area contributed by atoms with E-state index < -0.39 is 7.71 Å². The zero-order chi connectivity index (χ0) is 12.9. The van der Waals surface area contributed by atoms with Crippen molar-refractivity contribution in [2.24, 2.45) is 0 Å². The van der Waals surface area contributed by atoms with Crippen molar-refractivity contribution < 1.29 is 9.84 Å². The van der Waals surface area contributed by atoms with Gasteiger partial charge in [-0.2, -0.15) is 14.0 Å².